The van der Waals surface area contributed by atoms with Gasteiger partial charge >= 0.3 is 0 Å². The van der Waals surface area contributed by atoms with E-state index in [0.29, 0.717) is 0 Å². The highest BCUT2D eigenvalue weighted by molar-refractivity contribution is 6.16. The molecule has 0 N–H and O–H groups in total. The first-order valence-electron chi connectivity index (χ1n) is 25.8. The summed E-state index contributed by atoms with van der Waals surface area (Å²) in [6, 6.07) is 108. The molecule has 3 heteroatoms. The van der Waals surface area contributed by atoms with E-state index in [2.05, 4.69) is 307 Å². The van der Waals surface area contributed by atoms with E-state index < -0.39 is 5.41 Å². The zero-order valence-electron chi connectivity index (χ0n) is 41.1. The van der Waals surface area contributed by atoms with Crippen LogP contribution in [-0.4, -0.2) is 9.61 Å². The molecule has 13 aromatic rings. The summed E-state index contributed by atoms with van der Waals surface area (Å²) in [6.07, 6.45) is 0. The van der Waals surface area contributed by atoms with Crippen LogP contribution in [0.3, 0.4) is 0 Å². The van der Waals surface area contributed by atoms with Crippen molar-refractivity contribution in [1.29, 1.82) is 0 Å². The standard InChI is InChI=1S/C72H49N3/c1-7-24-50(25-8-1)51-42-44-52(45-43-51)53-46-48-59(49-47-53)74(65-41-23-40-64-67(65)62-38-21-22-39-63(62)72(64,57-32-15-5-16-33-57)58-34-17-6-18-35-58)71-61-37-20-19-36-60(61)70-66(54-26-9-2-10-27-54)68(55-28-11-3-12-29-55)73-75(70)69(71)56-30-13-4-14-31-56/h1-49H. The molecule has 0 saturated heterocycles. The fourth-order valence-corrected chi connectivity index (χ4v) is 12.0. The summed E-state index contributed by atoms with van der Waals surface area (Å²) in [5.41, 5.74) is 21.9. The van der Waals surface area contributed by atoms with E-state index in [1.165, 1.54) is 44.5 Å². The van der Waals surface area contributed by atoms with Gasteiger partial charge in [0.2, 0.25) is 0 Å². The van der Waals surface area contributed by atoms with Crippen molar-refractivity contribution >= 4 is 33.4 Å². The lowest BCUT2D eigenvalue weighted by molar-refractivity contribution is 0.768. The van der Waals surface area contributed by atoms with Crippen molar-refractivity contribution in [1.82, 2.24) is 9.61 Å². The molecule has 352 valence electrons. The molecule has 3 nitrogen and oxygen atoms in total. The first-order valence-corrected chi connectivity index (χ1v) is 25.8. The number of hydrogen-bond acceptors (Lipinski definition) is 2. The predicted molar refractivity (Wildman–Crippen MR) is 312 cm³/mol. The van der Waals surface area contributed by atoms with E-state index in [9.17, 15) is 0 Å². The van der Waals surface area contributed by atoms with Gasteiger partial charge in [-0.3, -0.25) is 0 Å². The molecule has 0 aliphatic heterocycles. The van der Waals surface area contributed by atoms with Gasteiger partial charge in [0.15, 0.2) is 0 Å². The van der Waals surface area contributed by atoms with Gasteiger partial charge < -0.3 is 4.90 Å². The Morgan fingerprint density at radius 3 is 1.35 bits per heavy atom. The molecule has 2 heterocycles. The molecular formula is C72H49N3. The van der Waals surface area contributed by atoms with Crippen LogP contribution >= 0.6 is 0 Å². The average molecular weight is 956 g/mol. The fraction of sp³-hybridized carbons (Fsp3) is 0.0139. The maximum absolute atomic E-state index is 5.80. The van der Waals surface area contributed by atoms with Gasteiger partial charge in [0, 0.05) is 38.7 Å². The molecule has 14 rings (SSSR count). The van der Waals surface area contributed by atoms with E-state index in [1.54, 1.807) is 0 Å². The van der Waals surface area contributed by atoms with E-state index in [4.69, 9.17) is 5.10 Å². The molecule has 1 aliphatic rings. The van der Waals surface area contributed by atoms with Crippen LogP contribution in [0.5, 0.6) is 0 Å². The quantitative estimate of drug-likeness (QED) is 0.136. The number of hydrogen-bond donors (Lipinski definition) is 0. The number of anilines is 3. The molecule has 0 radical (unpaired) electrons. The summed E-state index contributed by atoms with van der Waals surface area (Å²) >= 11 is 0. The smallest absolute Gasteiger partial charge is 0.101 e. The molecule has 75 heavy (non-hydrogen) atoms. The Balaban J connectivity index is 1.10. The van der Waals surface area contributed by atoms with Crippen LogP contribution in [0.2, 0.25) is 0 Å². The van der Waals surface area contributed by atoms with Gasteiger partial charge in [-0.1, -0.05) is 279 Å². The molecule has 2 aromatic heterocycles. The SMILES string of the molecule is c1ccc(-c2ccc(-c3ccc(N(c4cccc5c4-c4ccccc4C5(c4ccccc4)c4ccccc4)c4c(-c5ccccc5)n5nc(-c6ccccc6)c(-c6ccccc6)c5c5ccccc45)cc3)cc2)cc1. The molecule has 0 amide bonds. The van der Waals surface area contributed by atoms with Gasteiger partial charge in [0.05, 0.1) is 28.0 Å². The summed E-state index contributed by atoms with van der Waals surface area (Å²) < 4.78 is 2.25. The van der Waals surface area contributed by atoms with Gasteiger partial charge in [-0.05, 0) is 73.8 Å². The van der Waals surface area contributed by atoms with Crippen molar-refractivity contribution in [2.24, 2.45) is 0 Å². The topological polar surface area (TPSA) is 20.5 Å². The van der Waals surface area contributed by atoms with E-state index in [0.717, 1.165) is 78.1 Å². The lowest BCUT2D eigenvalue weighted by atomic mass is 9.68. The second-order valence-electron chi connectivity index (χ2n) is 19.4. The number of aromatic nitrogens is 2. The summed E-state index contributed by atoms with van der Waals surface area (Å²) in [6.45, 7) is 0. The highest BCUT2D eigenvalue weighted by atomic mass is 15.3. The summed E-state index contributed by atoms with van der Waals surface area (Å²) in [4.78, 5) is 2.54. The second-order valence-corrected chi connectivity index (χ2v) is 19.4. The molecule has 0 unspecified atom stereocenters. The Morgan fingerprint density at radius 2 is 0.760 bits per heavy atom. The lowest BCUT2D eigenvalue weighted by Crippen LogP contribution is -2.28. The van der Waals surface area contributed by atoms with Crippen molar-refractivity contribution < 1.29 is 0 Å². The van der Waals surface area contributed by atoms with E-state index >= 15 is 0 Å². The number of fused-ring (bicyclic) bond motifs is 6. The predicted octanol–water partition coefficient (Wildman–Crippen LogP) is 18.7. The molecule has 0 saturated carbocycles. The lowest BCUT2D eigenvalue weighted by Gasteiger charge is -2.35. The first-order chi connectivity index (χ1) is 37.3. The summed E-state index contributed by atoms with van der Waals surface area (Å²) in [5.74, 6) is 0. The Hall–Kier alpha value is -9.83. The van der Waals surface area contributed by atoms with Gasteiger partial charge in [0.25, 0.3) is 0 Å². The molecule has 1 aliphatic carbocycles. The van der Waals surface area contributed by atoms with Crippen LogP contribution < -0.4 is 4.90 Å². The summed E-state index contributed by atoms with van der Waals surface area (Å²) in [7, 11) is 0. The maximum Gasteiger partial charge on any atom is 0.101 e. The molecule has 0 bridgehead atoms. The molecule has 11 aromatic carbocycles. The third-order valence-corrected chi connectivity index (χ3v) is 15.3. The first kappa shape index (κ1) is 43.9. The second kappa shape index (κ2) is 18.3. The van der Waals surface area contributed by atoms with Crippen molar-refractivity contribution in [2.75, 3.05) is 4.90 Å². The van der Waals surface area contributed by atoms with Gasteiger partial charge in [0.1, 0.15) is 5.69 Å². The number of rotatable bonds is 10. The Kier molecular flexibility index (Phi) is 10.7. The highest BCUT2D eigenvalue weighted by Gasteiger charge is 2.47. The molecule has 0 fully saturated rings. The summed E-state index contributed by atoms with van der Waals surface area (Å²) in [5, 5.41) is 8.02. The average Bonchev–Trinajstić information content (AvgIpc) is 4.06. The number of nitrogens with zero attached hydrogens (tertiary/aromatic N) is 3. The van der Waals surface area contributed by atoms with Crippen LogP contribution in [0.25, 0.3) is 83.3 Å². The Morgan fingerprint density at radius 1 is 0.320 bits per heavy atom. The Bertz CT molecular complexity index is 4130. The van der Waals surface area contributed by atoms with Crippen LogP contribution in [0.4, 0.5) is 17.1 Å². The minimum Gasteiger partial charge on any atom is -0.307 e. The van der Waals surface area contributed by atoms with E-state index in [1.807, 2.05) is 0 Å². The largest absolute Gasteiger partial charge is 0.307 e. The van der Waals surface area contributed by atoms with Crippen LogP contribution in [0.1, 0.15) is 22.3 Å². The molecule has 0 atom stereocenters. The zero-order chi connectivity index (χ0) is 49.7. The van der Waals surface area contributed by atoms with Crippen molar-refractivity contribution in [3.05, 3.63) is 320 Å². The highest BCUT2D eigenvalue weighted by Crippen LogP contribution is 2.60. The van der Waals surface area contributed by atoms with Crippen LogP contribution in [0.15, 0.2) is 297 Å². The normalized spacial score (nSPS) is 12.4. The molecular weight excluding hydrogens is 907 g/mol. The monoisotopic (exact) mass is 955 g/mol. The van der Waals surface area contributed by atoms with Gasteiger partial charge in [-0.25, -0.2) is 4.52 Å². The molecule has 0 spiro atoms. The van der Waals surface area contributed by atoms with Gasteiger partial charge in [-0.15, -0.1) is 0 Å². The van der Waals surface area contributed by atoms with E-state index in [-0.39, 0.29) is 0 Å². The van der Waals surface area contributed by atoms with Crippen molar-refractivity contribution in [3.8, 4) is 67.0 Å². The van der Waals surface area contributed by atoms with Crippen LogP contribution in [0, 0.1) is 0 Å². The van der Waals surface area contributed by atoms with Crippen molar-refractivity contribution in [3.63, 3.8) is 0 Å². The third-order valence-electron chi connectivity index (χ3n) is 15.3. The van der Waals surface area contributed by atoms with Crippen molar-refractivity contribution in [2.45, 2.75) is 5.41 Å². The van der Waals surface area contributed by atoms with Gasteiger partial charge in [-0.2, -0.15) is 5.10 Å². The minimum atomic E-state index is -0.600. The minimum absolute atomic E-state index is 0.600. The van der Waals surface area contributed by atoms with Crippen LogP contribution in [-0.2, 0) is 5.41 Å². The fourth-order valence-electron chi connectivity index (χ4n) is 12.0. The zero-order valence-corrected chi connectivity index (χ0v) is 41.1. The Labute approximate surface area is 437 Å². The maximum atomic E-state index is 5.80. The number of pyridine rings is 1. The number of benzene rings is 11. The third kappa shape index (κ3) is 7.16.